The molecule has 2 amide bonds. The Bertz CT molecular complexity index is 407. The van der Waals surface area contributed by atoms with Crippen LogP contribution < -0.4 is 11.1 Å². The van der Waals surface area contributed by atoms with Gasteiger partial charge < -0.3 is 11.1 Å². The standard InChI is InChI=1S/C11H13IN2O2/c1-7(15)14-10(11(13)16)6-8-3-2-4-9(12)5-8/h2-5,10H,6H2,1H3,(H2,13,16)(H,14,15)/t10-/m1/s1. The van der Waals surface area contributed by atoms with Gasteiger partial charge in [0.05, 0.1) is 0 Å². The Hall–Kier alpha value is -1.11. The van der Waals surface area contributed by atoms with Crippen LogP contribution >= 0.6 is 22.6 Å². The molecule has 1 rings (SSSR count). The second kappa shape index (κ2) is 5.83. The minimum Gasteiger partial charge on any atom is -0.368 e. The van der Waals surface area contributed by atoms with Crippen LogP contribution in [0.5, 0.6) is 0 Å². The molecule has 0 radical (unpaired) electrons. The Labute approximate surface area is 108 Å². The zero-order valence-corrected chi connectivity index (χ0v) is 11.0. The molecule has 0 heterocycles. The predicted octanol–water partition coefficient (Wildman–Crippen LogP) is 0.824. The molecule has 0 bridgehead atoms. The van der Waals surface area contributed by atoms with Crippen LogP contribution in [-0.4, -0.2) is 17.9 Å². The van der Waals surface area contributed by atoms with Gasteiger partial charge >= 0.3 is 0 Å². The summed E-state index contributed by atoms with van der Waals surface area (Å²) in [6.07, 6.45) is 0.422. The molecule has 4 nitrogen and oxygen atoms in total. The maximum atomic E-state index is 11.1. The van der Waals surface area contributed by atoms with Gasteiger partial charge in [-0.1, -0.05) is 12.1 Å². The molecule has 0 unspecified atom stereocenters. The zero-order chi connectivity index (χ0) is 12.1. The summed E-state index contributed by atoms with van der Waals surface area (Å²) in [6, 6.07) is 7.08. The van der Waals surface area contributed by atoms with E-state index in [2.05, 4.69) is 27.9 Å². The number of nitrogens with one attached hydrogen (secondary N) is 1. The van der Waals surface area contributed by atoms with Crippen LogP contribution in [0.15, 0.2) is 24.3 Å². The van der Waals surface area contributed by atoms with Crippen molar-refractivity contribution in [2.45, 2.75) is 19.4 Å². The smallest absolute Gasteiger partial charge is 0.240 e. The molecule has 5 heteroatoms. The molecule has 0 spiro atoms. The summed E-state index contributed by atoms with van der Waals surface area (Å²) in [5, 5.41) is 2.53. The molecule has 16 heavy (non-hydrogen) atoms. The highest BCUT2D eigenvalue weighted by atomic mass is 127. The van der Waals surface area contributed by atoms with E-state index < -0.39 is 11.9 Å². The van der Waals surface area contributed by atoms with E-state index in [-0.39, 0.29) is 5.91 Å². The SMILES string of the molecule is CC(=O)N[C@H](Cc1cccc(I)c1)C(N)=O. The average molecular weight is 332 g/mol. The van der Waals surface area contributed by atoms with Crippen LogP contribution in [0.4, 0.5) is 0 Å². The number of halogens is 1. The first-order chi connectivity index (χ1) is 7.49. The lowest BCUT2D eigenvalue weighted by Gasteiger charge is -2.14. The fourth-order valence-corrected chi connectivity index (χ4v) is 1.98. The zero-order valence-electron chi connectivity index (χ0n) is 8.87. The van der Waals surface area contributed by atoms with Crippen molar-refractivity contribution in [1.82, 2.24) is 5.32 Å². The molecular weight excluding hydrogens is 319 g/mol. The summed E-state index contributed by atoms with van der Waals surface area (Å²) in [5.41, 5.74) is 6.19. The second-order valence-corrected chi connectivity index (χ2v) is 4.74. The molecule has 0 fully saturated rings. The van der Waals surface area contributed by atoms with E-state index in [9.17, 15) is 9.59 Å². The van der Waals surface area contributed by atoms with Crippen molar-refractivity contribution in [2.75, 3.05) is 0 Å². The van der Waals surface area contributed by atoms with Crippen LogP contribution in [0.2, 0.25) is 0 Å². The highest BCUT2D eigenvalue weighted by Gasteiger charge is 2.16. The lowest BCUT2D eigenvalue weighted by molar-refractivity contribution is -0.126. The van der Waals surface area contributed by atoms with E-state index in [1.807, 2.05) is 24.3 Å². The minimum absolute atomic E-state index is 0.255. The normalized spacial score (nSPS) is 11.9. The third-order valence-corrected chi connectivity index (χ3v) is 2.72. The highest BCUT2D eigenvalue weighted by Crippen LogP contribution is 2.09. The van der Waals surface area contributed by atoms with Crippen molar-refractivity contribution >= 4 is 34.4 Å². The molecule has 0 aliphatic rings. The third-order valence-electron chi connectivity index (χ3n) is 2.05. The summed E-state index contributed by atoms with van der Waals surface area (Å²) in [4.78, 5) is 22.0. The van der Waals surface area contributed by atoms with Gasteiger partial charge in [-0.2, -0.15) is 0 Å². The van der Waals surface area contributed by atoms with Crippen molar-refractivity contribution < 1.29 is 9.59 Å². The molecule has 0 saturated heterocycles. The molecule has 0 aliphatic heterocycles. The Kier molecular flexibility index (Phi) is 4.72. The van der Waals surface area contributed by atoms with Crippen molar-refractivity contribution in [3.8, 4) is 0 Å². The largest absolute Gasteiger partial charge is 0.368 e. The highest BCUT2D eigenvalue weighted by molar-refractivity contribution is 14.1. The van der Waals surface area contributed by atoms with Gasteiger partial charge in [-0.25, -0.2) is 0 Å². The molecule has 0 saturated carbocycles. The molecule has 0 aromatic heterocycles. The number of hydrogen-bond donors (Lipinski definition) is 2. The van der Waals surface area contributed by atoms with Crippen molar-refractivity contribution in [2.24, 2.45) is 5.73 Å². The number of carbonyl (C=O) groups is 2. The summed E-state index contributed by atoms with van der Waals surface area (Å²) in [5.74, 6) is -0.775. The fourth-order valence-electron chi connectivity index (χ4n) is 1.37. The maximum absolute atomic E-state index is 11.1. The Balaban J connectivity index is 2.75. The quantitative estimate of drug-likeness (QED) is 0.802. The van der Waals surface area contributed by atoms with E-state index in [1.165, 1.54) is 6.92 Å². The molecule has 0 aliphatic carbocycles. The summed E-state index contributed by atoms with van der Waals surface area (Å²) >= 11 is 2.19. The summed E-state index contributed by atoms with van der Waals surface area (Å²) in [7, 11) is 0. The van der Waals surface area contributed by atoms with E-state index in [1.54, 1.807) is 0 Å². The third kappa shape index (κ3) is 4.18. The van der Waals surface area contributed by atoms with Gasteiger partial charge in [0.25, 0.3) is 0 Å². The number of nitrogens with two attached hydrogens (primary N) is 1. The first-order valence-corrected chi connectivity index (χ1v) is 5.88. The molecule has 1 aromatic rings. The predicted molar refractivity (Wildman–Crippen MR) is 69.7 cm³/mol. The monoisotopic (exact) mass is 332 g/mol. The minimum atomic E-state index is -0.643. The molecule has 3 N–H and O–H groups in total. The van der Waals surface area contributed by atoms with Gasteiger partial charge in [-0.3, -0.25) is 9.59 Å². The number of carbonyl (C=O) groups excluding carboxylic acids is 2. The van der Waals surface area contributed by atoms with Gasteiger partial charge in [0.15, 0.2) is 0 Å². The van der Waals surface area contributed by atoms with Gasteiger partial charge in [-0.15, -0.1) is 0 Å². The van der Waals surface area contributed by atoms with E-state index in [0.29, 0.717) is 6.42 Å². The first-order valence-electron chi connectivity index (χ1n) is 4.80. The average Bonchev–Trinajstić information content (AvgIpc) is 2.15. The lowest BCUT2D eigenvalue weighted by Crippen LogP contribution is -2.44. The number of benzene rings is 1. The van der Waals surface area contributed by atoms with E-state index >= 15 is 0 Å². The van der Waals surface area contributed by atoms with Gasteiger partial charge in [0.2, 0.25) is 11.8 Å². The number of amides is 2. The van der Waals surface area contributed by atoms with Crippen LogP contribution in [-0.2, 0) is 16.0 Å². The Morgan fingerprint density at radius 1 is 1.50 bits per heavy atom. The van der Waals surface area contributed by atoms with Crippen molar-refractivity contribution in [3.05, 3.63) is 33.4 Å². The maximum Gasteiger partial charge on any atom is 0.240 e. The van der Waals surface area contributed by atoms with Gasteiger partial charge in [-0.05, 0) is 40.3 Å². The van der Waals surface area contributed by atoms with Crippen LogP contribution in [0.25, 0.3) is 0 Å². The fraction of sp³-hybridized carbons (Fsp3) is 0.273. The molecule has 1 atom stereocenters. The number of hydrogen-bond acceptors (Lipinski definition) is 2. The topological polar surface area (TPSA) is 72.2 Å². The van der Waals surface area contributed by atoms with Crippen molar-refractivity contribution in [1.29, 1.82) is 0 Å². The lowest BCUT2D eigenvalue weighted by atomic mass is 10.1. The summed E-state index contributed by atoms with van der Waals surface area (Å²) < 4.78 is 1.08. The second-order valence-electron chi connectivity index (χ2n) is 3.49. The first kappa shape index (κ1) is 13.0. The van der Waals surface area contributed by atoms with Crippen LogP contribution in [0.1, 0.15) is 12.5 Å². The van der Waals surface area contributed by atoms with Gasteiger partial charge in [0, 0.05) is 16.9 Å². The molecular formula is C11H13IN2O2. The molecule has 1 aromatic carbocycles. The van der Waals surface area contributed by atoms with E-state index in [4.69, 9.17) is 5.73 Å². The Morgan fingerprint density at radius 3 is 2.69 bits per heavy atom. The number of primary amides is 1. The molecule has 86 valence electrons. The van der Waals surface area contributed by atoms with Gasteiger partial charge in [0.1, 0.15) is 6.04 Å². The number of rotatable bonds is 4. The van der Waals surface area contributed by atoms with Crippen LogP contribution in [0.3, 0.4) is 0 Å². The van der Waals surface area contributed by atoms with Crippen LogP contribution in [0, 0.1) is 3.57 Å². The summed E-state index contributed by atoms with van der Waals surface area (Å²) in [6.45, 7) is 1.37. The van der Waals surface area contributed by atoms with Crippen molar-refractivity contribution in [3.63, 3.8) is 0 Å². The Morgan fingerprint density at radius 2 is 2.19 bits per heavy atom. The van der Waals surface area contributed by atoms with E-state index in [0.717, 1.165) is 9.13 Å².